The van der Waals surface area contributed by atoms with Crippen LogP contribution in [0.2, 0.25) is 0 Å². The average Bonchev–Trinajstić information content (AvgIpc) is 2.12. The van der Waals surface area contributed by atoms with Gasteiger partial charge < -0.3 is 15.1 Å². The molecule has 0 radical (unpaired) electrons. The molecule has 1 heterocycles. The number of aliphatic hydroxyl groups excluding tert-OH is 1. The Hall–Kier alpha value is -0.650. The number of carboxylic acids is 1. The van der Waals surface area contributed by atoms with Crippen molar-refractivity contribution in [2.45, 2.75) is 6.04 Å². The van der Waals surface area contributed by atoms with Crippen LogP contribution in [-0.4, -0.2) is 72.9 Å². The van der Waals surface area contributed by atoms with Gasteiger partial charge in [-0.2, -0.15) is 0 Å². The third-order valence-corrected chi connectivity index (χ3v) is 2.14. The third-order valence-electron chi connectivity index (χ3n) is 2.14. The Kier molecular flexibility index (Phi) is 5.61. The molecule has 0 spiro atoms. The second-order valence-electron chi connectivity index (χ2n) is 3.10. The van der Waals surface area contributed by atoms with E-state index >= 15 is 0 Å². The van der Waals surface area contributed by atoms with Crippen LogP contribution >= 0.6 is 0 Å². The molecule has 0 aromatic rings. The zero-order valence-electron chi connectivity index (χ0n) is 8.40. The molecule has 5 nitrogen and oxygen atoms in total. The summed E-state index contributed by atoms with van der Waals surface area (Å²) in [4.78, 5) is 14.6. The summed E-state index contributed by atoms with van der Waals surface area (Å²) in [5.41, 5.74) is 0. The molecule has 0 saturated carbocycles. The van der Waals surface area contributed by atoms with Gasteiger partial charge in [0.25, 0.3) is 0 Å². The van der Waals surface area contributed by atoms with Crippen LogP contribution in [0.3, 0.4) is 0 Å². The first-order chi connectivity index (χ1) is 6.11. The van der Waals surface area contributed by atoms with E-state index in [-0.39, 0.29) is 6.04 Å². The Balaban J connectivity index is 0.000000671. The van der Waals surface area contributed by atoms with Crippen molar-refractivity contribution in [1.29, 1.82) is 0 Å². The van der Waals surface area contributed by atoms with E-state index < -0.39 is 5.97 Å². The third kappa shape index (κ3) is 3.71. The average molecular weight is 190 g/mol. The normalized spacial score (nSPS) is 24.8. The molecule has 78 valence electrons. The van der Waals surface area contributed by atoms with E-state index in [4.69, 9.17) is 10.2 Å². The summed E-state index contributed by atoms with van der Waals surface area (Å²) in [6, 6.07) is -0.325. The lowest BCUT2D eigenvalue weighted by Gasteiger charge is -2.34. The van der Waals surface area contributed by atoms with Crippen LogP contribution in [0, 0.1) is 0 Å². The Bertz CT molecular complexity index is 163. The molecule has 1 saturated heterocycles. The second kappa shape index (κ2) is 5.90. The van der Waals surface area contributed by atoms with Crippen LogP contribution in [0.4, 0.5) is 0 Å². The van der Waals surface area contributed by atoms with Crippen molar-refractivity contribution in [2.24, 2.45) is 0 Å². The zero-order chi connectivity index (χ0) is 10.4. The van der Waals surface area contributed by atoms with Gasteiger partial charge in [0.2, 0.25) is 0 Å². The van der Waals surface area contributed by atoms with Crippen LogP contribution < -0.4 is 0 Å². The van der Waals surface area contributed by atoms with Crippen LogP contribution in [0.15, 0.2) is 0 Å². The van der Waals surface area contributed by atoms with Crippen LogP contribution in [0.25, 0.3) is 0 Å². The molecule has 5 heteroatoms. The van der Waals surface area contributed by atoms with Gasteiger partial charge in [-0.3, -0.25) is 9.69 Å². The number of hydrogen-bond acceptors (Lipinski definition) is 4. The van der Waals surface area contributed by atoms with E-state index in [1.165, 1.54) is 0 Å². The highest BCUT2D eigenvalue weighted by Gasteiger charge is 2.27. The summed E-state index contributed by atoms with van der Waals surface area (Å²) in [6.07, 6.45) is 0. The lowest BCUT2D eigenvalue weighted by molar-refractivity contribution is -0.144. The van der Waals surface area contributed by atoms with E-state index in [1.54, 1.807) is 0 Å². The first-order valence-corrected chi connectivity index (χ1v) is 4.17. The van der Waals surface area contributed by atoms with Gasteiger partial charge in [-0.05, 0) is 14.1 Å². The van der Waals surface area contributed by atoms with Crippen molar-refractivity contribution < 1.29 is 15.0 Å². The number of carboxylic acid groups (broad SMARTS) is 1. The molecule has 1 unspecified atom stereocenters. The number of likely N-dealkylation sites (N-methyl/N-ethyl adjacent to an activating group) is 2. The molecule has 0 amide bonds. The number of piperazine rings is 1. The predicted molar refractivity (Wildman–Crippen MR) is 49.7 cm³/mol. The highest BCUT2D eigenvalue weighted by Crippen LogP contribution is 2.05. The van der Waals surface area contributed by atoms with E-state index in [2.05, 4.69) is 0 Å². The fourth-order valence-electron chi connectivity index (χ4n) is 1.28. The van der Waals surface area contributed by atoms with Crippen molar-refractivity contribution in [3.8, 4) is 0 Å². The van der Waals surface area contributed by atoms with Crippen molar-refractivity contribution in [3.05, 3.63) is 0 Å². The van der Waals surface area contributed by atoms with Crippen LogP contribution in [0.1, 0.15) is 0 Å². The SMILES string of the molecule is CN1CCN(C)C(C(=O)O)C1.CO. The summed E-state index contributed by atoms with van der Waals surface area (Å²) in [7, 11) is 4.80. The van der Waals surface area contributed by atoms with E-state index in [1.807, 2.05) is 23.9 Å². The number of carbonyl (C=O) groups is 1. The van der Waals surface area contributed by atoms with Gasteiger partial charge in [0.05, 0.1) is 0 Å². The highest BCUT2D eigenvalue weighted by atomic mass is 16.4. The minimum atomic E-state index is -0.723. The largest absolute Gasteiger partial charge is 0.480 e. The molecule has 1 atom stereocenters. The molecule has 2 N–H and O–H groups in total. The minimum absolute atomic E-state index is 0.325. The van der Waals surface area contributed by atoms with Crippen LogP contribution in [-0.2, 0) is 4.79 Å². The molecule has 0 aromatic heterocycles. The van der Waals surface area contributed by atoms with Gasteiger partial charge in [-0.1, -0.05) is 0 Å². The number of aliphatic hydroxyl groups is 1. The molecular weight excluding hydrogens is 172 g/mol. The van der Waals surface area contributed by atoms with Gasteiger partial charge in [-0.15, -0.1) is 0 Å². The summed E-state index contributed by atoms with van der Waals surface area (Å²) in [5, 5.41) is 15.8. The van der Waals surface area contributed by atoms with Gasteiger partial charge in [0.1, 0.15) is 6.04 Å². The first kappa shape index (κ1) is 12.3. The summed E-state index contributed by atoms with van der Waals surface area (Å²) in [6.45, 7) is 2.43. The molecule has 1 aliphatic heterocycles. The zero-order valence-corrected chi connectivity index (χ0v) is 8.40. The van der Waals surface area contributed by atoms with Crippen LogP contribution in [0.5, 0.6) is 0 Å². The maximum absolute atomic E-state index is 10.6. The number of hydrogen-bond donors (Lipinski definition) is 2. The first-order valence-electron chi connectivity index (χ1n) is 4.17. The molecule has 0 bridgehead atoms. The fraction of sp³-hybridized carbons (Fsp3) is 0.875. The van der Waals surface area contributed by atoms with E-state index in [0.29, 0.717) is 6.54 Å². The molecule has 0 aromatic carbocycles. The topological polar surface area (TPSA) is 64.0 Å². The highest BCUT2D eigenvalue weighted by molar-refractivity contribution is 5.73. The quantitative estimate of drug-likeness (QED) is 0.551. The predicted octanol–water partition coefficient (Wildman–Crippen LogP) is -1.07. The monoisotopic (exact) mass is 190 g/mol. The molecule has 1 fully saturated rings. The summed E-state index contributed by atoms with van der Waals surface area (Å²) in [5.74, 6) is -0.723. The summed E-state index contributed by atoms with van der Waals surface area (Å²) >= 11 is 0. The minimum Gasteiger partial charge on any atom is -0.480 e. The Labute approximate surface area is 78.6 Å². The molecular formula is C8H18N2O3. The standard InChI is InChI=1S/C7H14N2O2.CH4O/c1-8-3-4-9(2)6(5-8)7(10)11;1-2/h6H,3-5H2,1-2H3,(H,10,11);2H,1H3. The number of aliphatic carboxylic acids is 1. The molecule has 1 rings (SSSR count). The number of nitrogens with zero attached hydrogens (tertiary/aromatic N) is 2. The second-order valence-corrected chi connectivity index (χ2v) is 3.10. The molecule has 13 heavy (non-hydrogen) atoms. The van der Waals surface area contributed by atoms with Crippen molar-refractivity contribution >= 4 is 5.97 Å². The van der Waals surface area contributed by atoms with Gasteiger partial charge >= 0.3 is 5.97 Å². The Morgan fingerprint density at radius 1 is 1.31 bits per heavy atom. The maximum atomic E-state index is 10.6. The smallest absolute Gasteiger partial charge is 0.322 e. The Morgan fingerprint density at radius 3 is 2.23 bits per heavy atom. The Morgan fingerprint density at radius 2 is 1.85 bits per heavy atom. The van der Waals surface area contributed by atoms with Gasteiger partial charge in [-0.25, -0.2) is 0 Å². The van der Waals surface area contributed by atoms with E-state index in [9.17, 15) is 4.79 Å². The fourth-order valence-corrected chi connectivity index (χ4v) is 1.28. The van der Waals surface area contributed by atoms with E-state index in [0.717, 1.165) is 20.2 Å². The van der Waals surface area contributed by atoms with Crippen molar-refractivity contribution in [2.75, 3.05) is 40.8 Å². The van der Waals surface area contributed by atoms with Gasteiger partial charge in [0, 0.05) is 26.7 Å². The molecule has 0 aliphatic carbocycles. The van der Waals surface area contributed by atoms with Crippen molar-refractivity contribution in [3.63, 3.8) is 0 Å². The maximum Gasteiger partial charge on any atom is 0.322 e. The molecule has 1 aliphatic rings. The van der Waals surface area contributed by atoms with Crippen molar-refractivity contribution in [1.82, 2.24) is 9.80 Å². The van der Waals surface area contributed by atoms with Gasteiger partial charge in [0.15, 0.2) is 0 Å². The lowest BCUT2D eigenvalue weighted by Crippen LogP contribution is -2.53. The summed E-state index contributed by atoms with van der Waals surface area (Å²) < 4.78 is 0. The lowest BCUT2D eigenvalue weighted by atomic mass is 10.2. The number of rotatable bonds is 1.